The molecule has 1 saturated heterocycles. The van der Waals surface area contributed by atoms with Gasteiger partial charge in [0.15, 0.2) is 0 Å². The van der Waals surface area contributed by atoms with Gasteiger partial charge in [-0.05, 0) is 31.6 Å². The molecule has 1 aliphatic heterocycles. The highest BCUT2D eigenvalue weighted by molar-refractivity contribution is 5.74. The highest BCUT2D eigenvalue weighted by atomic mass is 16.2. The number of nitrogens with two attached hydrogens (primary N) is 1. The summed E-state index contributed by atoms with van der Waals surface area (Å²) in [7, 11) is 0. The van der Waals surface area contributed by atoms with Crippen molar-refractivity contribution in [3.05, 3.63) is 0 Å². The van der Waals surface area contributed by atoms with E-state index >= 15 is 0 Å². The van der Waals surface area contributed by atoms with Crippen LogP contribution in [0.15, 0.2) is 0 Å². The summed E-state index contributed by atoms with van der Waals surface area (Å²) in [6.07, 6.45) is 8.40. The Balaban J connectivity index is 2.12. The summed E-state index contributed by atoms with van der Waals surface area (Å²) in [6.45, 7) is 2.51. The molecule has 15 heavy (non-hydrogen) atoms. The third-order valence-corrected chi connectivity index (χ3v) is 4.15. The quantitative estimate of drug-likeness (QED) is 0.718. The second-order valence-corrected chi connectivity index (χ2v) is 5.10. The Morgan fingerprint density at radius 1 is 1.27 bits per heavy atom. The van der Waals surface area contributed by atoms with Crippen molar-refractivity contribution >= 4 is 5.91 Å². The molecule has 86 valence electrons. The first-order valence-electron chi connectivity index (χ1n) is 6.21. The van der Waals surface area contributed by atoms with Crippen molar-refractivity contribution in [2.24, 2.45) is 11.7 Å². The third kappa shape index (κ3) is 1.89. The van der Waals surface area contributed by atoms with Crippen LogP contribution in [0.2, 0.25) is 0 Å². The van der Waals surface area contributed by atoms with Crippen LogP contribution in [0.4, 0.5) is 0 Å². The Hall–Kier alpha value is -0.570. The van der Waals surface area contributed by atoms with E-state index in [4.69, 9.17) is 5.73 Å². The van der Waals surface area contributed by atoms with Crippen molar-refractivity contribution in [1.82, 2.24) is 4.90 Å². The lowest BCUT2D eigenvalue weighted by molar-refractivity contribution is -0.135. The van der Waals surface area contributed by atoms with Crippen molar-refractivity contribution in [3.63, 3.8) is 0 Å². The first-order valence-corrected chi connectivity index (χ1v) is 6.21. The smallest absolute Gasteiger partial charge is 0.220 e. The zero-order chi connectivity index (χ0) is 10.9. The average Bonchev–Trinajstić information content (AvgIpc) is 2.63. The molecule has 3 nitrogen and oxygen atoms in total. The van der Waals surface area contributed by atoms with Crippen molar-refractivity contribution in [2.75, 3.05) is 6.54 Å². The SMILES string of the molecule is CC(=O)N1CCCC1(N)C1CCCCC1. The number of hydrogen-bond donors (Lipinski definition) is 1. The maximum atomic E-state index is 11.6. The molecule has 1 heterocycles. The molecule has 1 unspecified atom stereocenters. The van der Waals surface area contributed by atoms with Crippen LogP contribution >= 0.6 is 0 Å². The molecule has 0 aromatic carbocycles. The monoisotopic (exact) mass is 210 g/mol. The van der Waals surface area contributed by atoms with Crippen LogP contribution in [0.25, 0.3) is 0 Å². The molecule has 1 amide bonds. The lowest BCUT2D eigenvalue weighted by Gasteiger charge is -2.42. The first kappa shape index (κ1) is 10.9. The van der Waals surface area contributed by atoms with Gasteiger partial charge in [0.2, 0.25) is 5.91 Å². The highest BCUT2D eigenvalue weighted by Gasteiger charge is 2.45. The Labute approximate surface area is 92.0 Å². The van der Waals surface area contributed by atoms with Crippen LogP contribution in [-0.2, 0) is 4.79 Å². The van der Waals surface area contributed by atoms with Crippen molar-refractivity contribution in [2.45, 2.75) is 57.5 Å². The zero-order valence-corrected chi connectivity index (χ0v) is 9.67. The largest absolute Gasteiger partial charge is 0.325 e. The molecular weight excluding hydrogens is 188 g/mol. The maximum Gasteiger partial charge on any atom is 0.220 e. The van der Waals surface area contributed by atoms with Gasteiger partial charge in [-0.15, -0.1) is 0 Å². The van der Waals surface area contributed by atoms with Crippen molar-refractivity contribution < 1.29 is 4.79 Å². The minimum atomic E-state index is -0.313. The van der Waals surface area contributed by atoms with Crippen LogP contribution in [0.1, 0.15) is 51.9 Å². The summed E-state index contributed by atoms with van der Waals surface area (Å²) in [5.41, 5.74) is 6.17. The Kier molecular flexibility index (Phi) is 3.01. The Morgan fingerprint density at radius 3 is 2.53 bits per heavy atom. The number of likely N-dealkylation sites (tertiary alicyclic amines) is 1. The third-order valence-electron chi connectivity index (χ3n) is 4.15. The molecule has 2 N–H and O–H groups in total. The van der Waals surface area contributed by atoms with Crippen LogP contribution in [0.3, 0.4) is 0 Å². The first-order chi connectivity index (χ1) is 7.14. The number of hydrogen-bond acceptors (Lipinski definition) is 2. The molecule has 1 saturated carbocycles. The zero-order valence-electron chi connectivity index (χ0n) is 9.67. The van der Waals surface area contributed by atoms with E-state index in [-0.39, 0.29) is 11.6 Å². The second kappa shape index (κ2) is 4.12. The van der Waals surface area contributed by atoms with Gasteiger partial charge in [-0.1, -0.05) is 19.3 Å². The number of amides is 1. The Bertz CT molecular complexity index is 248. The van der Waals surface area contributed by atoms with Gasteiger partial charge in [0, 0.05) is 13.5 Å². The predicted molar refractivity (Wildman–Crippen MR) is 60.1 cm³/mol. The molecule has 0 aromatic rings. The van der Waals surface area contributed by atoms with Gasteiger partial charge in [-0.3, -0.25) is 4.79 Å². The summed E-state index contributed by atoms with van der Waals surface area (Å²) < 4.78 is 0. The van der Waals surface area contributed by atoms with Gasteiger partial charge in [-0.2, -0.15) is 0 Å². The fraction of sp³-hybridized carbons (Fsp3) is 0.917. The summed E-state index contributed by atoms with van der Waals surface area (Å²) in [5.74, 6) is 0.693. The van der Waals surface area contributed by atoms with Gasteiger partial charge in [0.25, 0.3) is 0 Å². The lowest BCUT2D eigenvalue weighted by atomic mass is 9.79. The average molecular weight is 210 g/mol. The molecule has 2 fully saturated rings. The van der Waals surface area contributed by atoms with Crippen molar-refractivity contribution in [1.29, 1.82) is 0 Å². The van der Waals surface area contributed by atoms with E-state index in [9.17, 15) is 4.79 Å². The Morgan fingerprint density at radius 2 is 1.93 bits per heavy atom. The van der Waals surface area contributed by atoms with Crippen LogP contribution in [-0.4, -0.2) is 23.0 Å². The highest BCUT2D eigenvalue weighted by Crippen LogP contribution is 2.39. The molecule has 1 atom stereocenters. The van der Waals surface area contributed by atoms with E-state index in [0.29, 0.717) is 5.92 Å². The molecule has 2 rings (SSSR count). The molecule has 0 bridgehead atoms. The van der Waals surface area contributed by atoms with E-state index in [2.05, 4.69) is 0 Å². The van der Waals surface area contributed by atoms with E-state index in [0.717, 1.165) is 19.4 Å². The van der Waals surface area contributed by atoms with E-state index in [1.165, 1.54) is 32.1 Å². The van der Waals surface area contributed by atoms with Crippen LogP contribution < -0.4 is 5.73 Å². The molecule has 0 spiro atoms. The minimum Gasteiger partial charge on any atom is -0.325 e. The van der Waals surface area contributed by atoms with E-state index in [1.54, 1.807) is 6.92 Å². The molecule has 3 heteroatoms. The molecule has 0 radical (unpaired) electrons. The van der Waals surface area contributed by atoms with Gasteiger partial charge < -0.3 is 10.6 Å². The lowest BCUT2D eigenvalue weighted by Crippen LogP contribution is -2.59. The minimum absolute atomic E-state index is 0.153. The molecule has 0 aromatic heterocycles. The fourth-order valence-corrected chi connectivity index (χ4v) is 3.34. The topological polar surface area (TPSA) is 46.3 Å². The summed E-state index contributed by atoms with van der Waals surface area (Å²) >= 11 is 0. The van der Waals surface area contributed by atoms with Crippen LogP contribution in [0.5, 0.6) is 0 Å². The summed E-state index contributed by atoms with van der Waals surface area (Å²) in [4.78, 5) is 13.5. The molecular formula is C12H22N2O. The number of nitrogens with zero attached hydrogens (tertiary/aromatic N) is 1. The van der Waals surface area contributed by atoms with Crippen LogP contribution in [0, 0.1) is 5.92 Å². The summed E-state index contributed by atoms with van der Waals surface area (Å²) in [6, 6.07) is 0. The van der Waals surface area contributed by atoms with E-state index < -0.39 is 0 Å². The summed E-state index contributed by atoms with van der Waals surface area (Å²) in [5, 5.41) is 0. The number of carbonyl (C=O) groups is 1. The standard InChI is InChI=1S/C12H22N2O/c1-10(15)14-9-5-8-12(14,13)11-6-3-2-4-7-11/h11H,2-9,13H2,1H3. The fourth-order valence-electron chi connectivity index (χ4n) is 3.34. The van der Waals surface area contributed by atoms with Gasteiger partial charge in [0.05, 0.1) is 5.66 Å². The normalized spacial score (nSPS) is 33.3. The van der Waals surface area contributed by atoms with Crippen molar-refractivity contribution in [3.8, 4) is 0 Å². The molecule has 1 aliphatic carbocycles. The van der Waals surface area contributed by atoms with Gasteiger partial charge >= 0.3 is 0 Å². The maximum absolute atomic E-state index is 11.6. The van der Waals surface area contributed by atoms with Gasteiger partial charge in [-0.25, -0.2) is 0 Å². The number of rotatable bonds is 1. The predicted octanol–water partition coefficient (Wildman–Crippen LogP) is 1.86. The van der Waals surface area contributed by atoms with E-state index in [1.807, 2.05) is 4.90 Å². The second-order valence-electron chi connectivity index (χ2n) is 5.10. The number of carbonyl (C=O) groups excluding carboxylic acids is 1. The van der Waals surface area contributed by atoms with Gasteiger partial charge in [0.1, 0.15) is 0 Å². The molecule has 2 aliphatic rings.